The lowest BCUT2D eigenvalue weighted by atomic mass is 10.0. The van der Waals surface area contributed by atoms with Crippen molar-refractivity contribution in [1.29, 1.82) is 0 Å². The van der Waals surface area contributed by atoms with Gasteiger partial charge < -0.3 is 5.32 Å². The van der Waals surface area contributed by atoms with Gasteiger partial charge in [0.25, 0.3) is 0 Å². The summed E-state index contributed by atoms with van der Waals surface area (Å²) in [5.74, 6) is 0. The fourth-order valence-electron chi connectivity index (χ4n) is 2.12. The minimum absolute atomic E-state index is 0.527. The summed E-state index contributed by atoms with van der Waals surface area (Å²) in [6.45, 7) is 7.42. The Labute approximate surface area is 122 Å². The molecular formula is C19H23N. The molecule has 0 aliphatic heterocycles. The first-order valence-electron chi connectivity index (χ1n) is 7.23. The third-order valence-corrected chi connectivity index (χ3v) is 3.38. The normalized spacial score (nSPS) is 11.9. The minimum atomic E-state index is 0.527. The molecule has 1 nitrogen and oxygen atoms in total. The summed E-state index contributed by atoms with van der Waals surface area (Å²) in [6.07, 6.45) is 2.25. The highest BCUT2D eigenvalue weighted by atomic mass is 14.9. The minimum Gasteiger partial charge on any atom is -0.311 e. The van der Waals surface area contributed by atoms with Crippen molar-refractivity contribution < 1.29 is 0 Å². The molecule has 0 atom stereocenters. The van der Waals surface area contributed by atoms with Crippen molar-refractivity contribution >= 4 is 5.57 Å². The molecule has 2 rings (SSSR count). The SMILES string of the molecule is CC(=CCNC(C)C)c1ccc(-c2ccccc2)cc1. The number of benzene rings is 2. The van der Waals surface area contributed by atoms with E-state index in [1.807, 2.05) is 6.07 Å². The zero-order valence-electron chi connectivity index (χ0n) is 12.6. The highest BCUT2D eigenvalue weighted by Gasteiger charge is 1.99. The van der Waals surface area contributed by atoms with Gasteiger partial charge in [-0.15, -0.1) is 0 Å². The maximum Gasteiger partial charge on any atom is 0.0143 e. The Morgan fingerprint density at radius 3 is 2.15 bits per heavy atom. The number of rotatable bonds is 5. The molecule has 2 aromatic carbocycles. The van der Waals surface area contributed by atoms with E-state index in [1.54, 1.807) is 0 Å². The van der Waals surface area contributed by atoms with Crippen LogP contribution < -0.4 is 5.32 Å². The average Bonchev–Trinajstić information content (AvgIpc) is 2.48. The Hall–Kier alpha value is -1.86. The lowest BCUT2D eigenvalue weighted by molar-refractivity contribution is 0.633. The molecule has 2 aromatic rings. The average molecular weight is 265 g/mol. The van der Waals surface area contributed by atoms with Gasteiger partial charge in [-0.05, 0) is 29.2 Å². The molecule has 0 saturated carbocycles. The molecule has 0 saturated heterocycles. The van der Waals surface area contributed by atoms with Crippen LogP contribution in [0.3, 0.4) is 0 Å². The fourth-order valence-corrected chi connectivity index (χ4v) is 2.12. The predicted molar refractivity (Wildman–Crippen MR) is 88.7 cm³/mol. The smallest absolute Gasteiger partial charge is 0.0143 e. The zero-order valence-corrected chi connectivity index (χ0v) is 12.6. The highest BCUT2D eigenvalue weighted by molar-refractivity contribution is 5.69. The van der Waals surface area contributed by atoms with Crippen LogP contribution in [0.1, 0.15) is 26.3 Å². The molecule has 0 aliphatic carbocycles. The van der Waals surface area contributed by atoms with Gasteiger partial charge in [-0.25, -0.2) is 0 Å². The van der Waals surface area contributed by atoms with Gasteiger partial charge in [0.1, 0.15) is 0 Å². The summed E-state index contributed by atoms with van der Waals surface area (Å²) in [7, 11) is 0. The molecule has 0 amide bonds. The van der Waals surface area contributed by atoms with Crippen molar-refractivity contribution in [2.75, 3.05) is 6.54 Å². The van der Waals surface area contributed by atoms with Gasteiger partial charge in [0.2, 0.25) is 0 Å². The molecule has 0 aromatic heterocycles. The van der Waals surface area contributed by atoms with Crippen molar-refractivity contribution in [2.45, 2.75) is 26.8 Å². The second kappa shape index (κ2) is 7.06. The summed E-state index contributed by atoms with van der Waals surface area (Å²) < 4.78 is 0. The second-order valence-electron chi connectivity index (χ2n) is 5.39. The molecule has 0 radical (unpaired) electrons. The van der Waals surface area contributed by atoms with Crippen LogP contribution in [0.2, 0.25) is 0 Å². The topological polar surface area (TPSA) is 12.0 Å². The van der Waals surface area contributed by atoms with E-state index in [2.05, 4.69) is 80.7 Å². The van der Waals surface area contributed by atoms with Gasteiger partial charge in [-0.1, -0.05) is 74.5 Å². The standard InChI is InChI=1S/C19H23N/c1-15(2)20-14-13-16(3)17-9-11-19(12-10-17)18-7-5-4-6-8-18/h4-13,15,20H,14H2,1-3H3. The number of hydrogen-bond acceptors (Lipinski definition) is 1. The Morgan fingerprint density at radius 1 is 0.950 bits per heavy atom. The molecular weight excluding hydrogens is 242 g/mol. The van der Waals surface area contributed by atoms with Crippen molar-refractivity contribution in [3.05, 3.63) is 66.2 Å². The van der Waals surface area contributed by atoms with Crippen LogP contribution in [0.25, 0.3) is 16.7 Å². The Morgan fingerprint density at radius 2 is 1.55 bits per heavy atom. The zero-order chi connectivity index (χ0) is 14.4. The van der Waals surface area contributed by atoms with E-state index in [4.69, 9.17) is 0 Å². The monoisotopic (exact) mass is 265 g/mol. The van der Waals surface area contributed by atoms with Crippen molar-refractivity contribution in [3.8, 4) is 11.1 Å². The van der Waals surface area contributed by atoms with Crippen molar-refractivity contribution in [1.82, 2.24) is 5.32 Å². The van der Waals surface area contributed by atoms with E-state index < -0.39 is 0 Å². The maximum atomic E-state index is 3.41. The first kappa shape index (κ1) is 14.5. The van der Waals surface area contributed by atoms with Gasteiger partial charge in [-0.3, -0.25) is 0 Å². The third kappa shape index (κ3) is 4.07. The van der Waals surface area contributed by atoms with E-state index in [0.717, 1.165) is 6.54 Å². The molecule has 0 aliphatic rings. The van der Waals surface area contributed by atoms with Crippen LogP contribution in [0, 0.1) is 0 Å². The van der Waals surface area contributed by atoms with E-state index in [1.165, 1.54) is 22.3 Å². The van der Waals surface area contributed by atoms with Crippen LogP contribution >= 0.6 is 0 Å². The van der Waals surface area contributed by atoms with Gasteiger partial charge in [0.15, 0.2) is 0 Å². The molecule has 0 heterocycles. The van der Waals surface area contributed by atoms with Crippen LogP contribution in [0.5, 0.6) is 0 Å². The Kier molecular flexibility index (Phi) is 5.14. The first-order valence-corrected chi connectivity index (χ1v) is 7.23. The summed E-state index contributed by atoms with van der Waals surface area (Å²) in [4.78, 5) is 0. The predicted octanol–water partition coefficient (Wildman–Crippen LogP) is 4.75. The van der Waals surface area contributed by atoms with Crippen molar-refractivity contribution in [2.24, 2.45) is 0 Å². The second-order valence-corrected chi connectivity index (χ2v) is 5.39. The van der Waals surface area contributed by atoms with Crippen LogP contribution in [-0.4, -0.2) is 12.6 Å². The maximum absolute atomic E-state index is 3.41. The van der Waals surface area contributed by atoms with Gasteiger partial charge >= 0.3 is 0 Å². The van der Waals surface area contributed by atoms with E-state index >= 15 is 0 Å². The Balaban J connectivity index is 2.08. The number of nitrogens with one attached hydrogen (secondary N) is 1. The van der Waals surface area contributed by atoms with Gasteiger partial charge in [-0.2, -0.15) is 0 Å². The molecule has 1 N–H and O–H groups in total. The Bertz CT molecular complexity index is 550. The van der Waals surface area contributed by atoms with Crippen molar-refractivity contribution in [3.63, 3.8) is 0 Å². The van der Waals surface area contributed by atoms with Gasteiger partial charge in [0, 0.05) is 12.6 Å². The molecule has 0 fully saturated rings. The van der Waals surface area contributed by atoms with E-state index in [-0.39, 0.29) is 0 Å². The van der Waals surface area contributed by atoms with Crippen LogP contribution in [0.15, 0.2) is 60.7 Å². The summed E-state index contributed by atoms with van der Waals surface area (Å²) in [5.41, 5.74) is 5.14. The van der Waals surface area contributed by atoms with E-state index in [9.17, 15) is 0 Å². The quantitative estimate of drug-likeness (QED) is 0.822. The lowest BCUT2D eigenvalue weighted by Gasteiger charge is -2.07. The molecule has 0 unspecified atom stereocenters. The molecule has 20 heavy (non-hydrogen) atoms. The third-order valence-electron chi connectivity index (χ3n) is 3.38. The highest BCUT2D eigenvalue weighted by Crippen LogP contribution is 2.21. The van der Waals surface area contributed by atoms with E-state index in [0.29, 0.717) is 6.04 Å². The summed E-state index contributed by atoms with van der Waals surface area (Å²) in [6, 6.07) is 19.8. The van der Waals surface area contributed by atoms with Crippen LogP contribution in [0.4, 0.5) is 0 Å². The molecule has 104 valence electrons. The summed E-state index contributed by atoms with van der Waals surface area (Å²) in [5, 5.41) is 3.41. The first-order chi connectivity index (χ1) is 9.66. The molecule has 0 spiro atoms. The number of allylic oxidation sites excluding steroid dienone is 1. The van der Waals surface area contributed by atoms with Gasteiger partial charge in [0.05, 0.1) is 0 Å². The largest absolute Gasteiger partial charge is 0.311 e. The molecule has 1 heteroatoms. The molecule has 0 bridgehead atoms. The fraction of sp³-hybridized carbons (Fsp3) is 0.263. The summed E-state index contributed by atoms with van der Waals surface area (Å²) >= 11 is 0. The number of hydrogen-bond donors (Lipinski definition) is 1. The lowest BCUT2D eigenvalue weighted by Crippen LogP contribution is -2.22. The van der Waals surface area contributed by atoms with Crippen LogP contribution in [-0.2, 0) is 0 Å².